The second-order valence-corrected chi connectivity index (χ2v) is 7.64. The molecule has 0 aliphatic carbocycles. The molecule has 0 aliphatic heterocycles. The molecule has 1 amide bonds. The Morgan fingerprint density at radius 1 is 1.15 bits per heavy atom. The number of amides is 1. The lowest BCUT2D eigenvalue weighted by Crippen LogP contribution is -2.37. The molecule has 0 fully saturated rings. The standard InChI is InChI=1S/C20H20ClN3O2S/c1-14(2)24(12-15-7-4-3-5-8-15)18(25)13-27-20-23-22-19(26-20)16-9-6-10-17(21)11-16/h3-11,14H,12-13H2,1-2H3. The molecule has 0 radical (unpaired) electrons. The van der Waals surface area contributed by atoms with Crippen LogP contribution in [0.4, 0.5) is 0 Å². The number of aromatic nitrogens is 2. The van der Waals surface area contributed by atoms with Crippen LogP contribution in [0.2, 0.25) is 5.02 Å². The average molecular weight is 402 g/mol. The van der Waals surface area contributed by atoms with Gasteiger partial charge in [-0.25, -0.2) is 0 Å². The Bertz CT molecular complexity index is 899. The van der Waals surface area contributed by atoms with E-state index >= 15 is 0 Å². The summed E-state index contributed by atoms with van der Waals surface area (Å²) in [6.07, 6.45) is 0. The summed E-state index contributed by atoms with van der Waals surface area (Å²) in [6, 6.07) is 17.3. The number of carbonyl (C=O) groups excluding carboxylic acids is 1. The molecule has 0 bridgehead atoms. The quantitative estimate of drug-likeness (QED) is 0.526. The molecule has 0 saturated heterocycles. The third-order valence-electron chi connectivity index (χ3n) is 3.94. The number of benzene rings is 2. The highest BCUT2D eigenvalue weighted by Crippen LogP contribution is 2.25. The van der Waals surface area contributed by atoms with Crippen LogP contribution in [0.15, 0.2) is 64.2 Å². The highest BCUT2D eigenvalue weighted by molar-refractivity contribution is 7.99. The predicted octanol–water partition coefficient (Wildman–Crippen LogP) is 4.92. The summed E-state index contributed by atoms with van der Waals surface area (Å²) in [5, 5.41) is 9.01. The second kappa shape index (κ2) is 9.06. The molecular weight excluding hydrogens is 382 g/mol. The van der Waals surface area contributed by atoms with Crippen molar-refractivity contribution in [1.29, 1.82) is 0 Å². The molecule has 0 N–H and O–H groups in total. The topological polar surface area (TPSA) is 59.2 Å². The first-order valence-electron chi connectivity index (χ1n) is 8.58. The van der Waals surface area contributed by atoms with Gasteiger partial charge < -0.3 is 9.32 Å². The predicted molar refractivity (Wildman–Crippen MR) is 108 cm³/mol. The fourth-order valence-corrected chi connectivity index (χ4v) is 3.39. The van der Waals surface area contributed by atoms with Crippen molar-refractivity contribution in [2.75, 3.05) is 5.75 Å². The van der Waals surface area contributed by atoms with Gasteiger partial charge in [0.25, 0.3) is 5.22 Å². The number of rotatable bonds is 7. The van der Waals surface area contributed by atoms with Crippen molar-refractivity contribution in [2.24, 2.45) is 0 Å². The minimum absolute atomic E-state index is 0.0290. The Morgan fingerprint density at radius 2 is 1.93 bits per heavy atom. The minimum Gasteiger partial charge on any atom is -0.411 e. The van der Waals surface area contributed by atoms with Gasteiger partial charge in [-0.1, -0.05) is 59.8 Å². The molecule has 27 heavy (non-hydrogen) atoms. The van der Waals surface area contributed by atoms with Gasteiger partial charge in [0.15, 0.2) is 0 Å². The third kappa shape index (κ3) is 5.34. The van der Waals surface area contributed by atoms with E-state index in [2.05, 4.69) is 10.2 Å². The van der Waals surface area contributed by atoms with Crippen LogP contribution in [-0.2, 0) is 11.3 Å². The van der Waals surface area contributed by atoms with Gasteiger partial charge in [0.2, 0.25) is 11.8 Å². The van der Waals surface area contributed by atoms with Crippen LogP contribution in [-0.4, -0.2) is 32.8 Å². The van der Waals surface area contributed by atoms with E-state index in [9.17, 15) is 4.79 Å². The maximum absolute atomic E-state index is 12.7. The SMILES string of the molecule is CC(C)N(Cc1ccccc1)C(=O)CSc1nnc(-c2cccc(Cl)c2)o1. The van der Waals surface area contributed by atoms with Gasteiger partial charge in [-0.3, -0.25) is 4.79 Å². The van der Waals surface area contributed by atoms with Gasteiger partial charge in [-0.2, -0.15) is 0 Å². The summed E-state index contributed by atoms with van der Waals surface area (Å²) in [5.41, 5.74) is 1.85. The highest BCUT2D eigenvalue weighted by atomic mass is 35.5. The maximum Gasteiger partial charge on any atom is 0.277 e. The van der Waals surface area contributed by atoms with Crippen molar-refractivity contribution in [3.8, 4) is 11.5 Å². The van der Waals surface area contributed by atoms with Crippen molar-refractivity contribution < 1.29 is 9.21 Å². The lowest BCUT2D eigenvalue weighted by Gasteiger charge is -2.26. The zero-order valence-electron chi connectivity index (χ0n) is 15.1. The molecule has 3 aromatic rings. The van der Waals surface area contributed by atoms with Gasteiger partial charge in [-0.15, -0.1) is 10.2 Å². The molecule has 2 aromatic carbocycles. The molecule has 0 atom stereocenters. The number of hydrogen-bond acceptors (Lipinski definition) is 5. The van der Waals surface area contributed by atoms with E-state index in [0.29, 0.717) is 22.7 Å². The zero-order valence-corrected chi connectivity index (χ0v) is 16.7. The van der Waals surface area contributed by atoms with Crippen molar-refractivity contribution in [1.82, 2.24) is 15.1 Å². The molecule has 140 valence electrons. The van der Waals surface area contributed by atoms with Crippen LogP contribution in [0.5, 0.6) is 0 Å². The van der Waals surface area contributed by atoms with Gasteiger partial charge in [0.05, 0.1) is 5.75 Å². The normalized spacial score (nSPS) is 11.0. The first kappa shape index (κ1) is 19.5. The van der Waals surface area contributed by atoms with E-state index in [-0.39, 0.29) is 17.7 Å². The number of thioether (sulfide) groups is 1. The highest BCUT2D eigenvalue weighted by Gasteiger charge is 2.19. The lowest BCUT2D eigenvalue weighted by molar-refractivity contribution is -0.130. The van der Waals surface area contributed by atoms with Crippen molar-refractivity contribution in [2.45, 2.75) is 31.7 Å². The summed E-state index contributed by atoms with van der Waals surface area (Å²) < 4.78 is 5.64. The molecule has 0 saturated carbocycles. The molecule has 5 nitrogen and oxygen atoms in total. The van der Waals surface area contributed by atoms with E-state index in [1.54, 1.807) is 12.1 Å². The fraction of sp³-hybridized carbons (Fsp3) is 0.250. The van der Waals surface area contributed by atoms with Crippen LogP contribution in [0.25, 0.3) is 11.5 Å². The van der Waals surface area contributed by atoms with Crippen LogP contribution in [0.3, 0.4) is 0 Å². The van der Waals surface area contributed by atoms with E-state index in [1.165, 1.54) is 11.8 Å². The van der Waals surface area contributed by atoms with E-state index < -0.39 is 0 Å². The number of hydrogen-bond donors (Lipinski definition) is 0. The lowest BCUT2D eigenvalue weighted by atomic mass is 10.2. The number of nitrogens with zero attached hydrogens (tertiary/aromatic N) is 3. The summed E-state index contributed by atoms with van der Waals surface area (Å²) >= 11 is 7.23. The molecule has 3 rings (SSSR count). The fourth-order valence-electron chi connectivity index (χ4n) is 2.55. The average Bonchev–Trinajstić information content (AvgIpc) is 3.14. The minimum atomic E-state index is 0.0290. The van der Waals surface area contributed by atoms with Crippen molar-refractivity contribution in [3.63, 3.8) is 0 Å². The Hall–Kier alpha value is -2.31. The molecule has 0 spiro atoms. The van der Waals surface area contributed by atoms with Crippen LogP contribution >= 0.6 is 23.4 Å². The van der Waals surface area contributed by atoms with Crippen LogP contribution in [0.1, 0.15) is 19.4 Å². The first-order valence-corrected chi connectivity index (χ1v) is 9.95. The van der Waals surface area contributed by atoms with E-state index in [0.717, 1.165) is 11.1 Å². The molecular formula is C20H20ClN3O2S. The van der Waals surface area contributed by atoms with Gasteiger partial charge >= 0.3 is 0 Å². The van der Waals surface area contributed by atoms with E-state index in [1.807, 2.05) is 61.2 Å². The maximum atomic E-state index is 12.7. The van der Waals surface area contributed by atoms with Gasteiger partial charge in [0.1, 0.15) is 0 Å². The second-order valence-electron chi connectivity index (χ2n) is 6.27. The Morgan fingerprint density at radius 3 is 2.63 bits per heavy atom. The first-order chi connectivity index (χ1) is 13.0. The summed E-state index contributed by atoms with van der Waals surface area (Å²) in [7, 11) is 0. The zero-order chi connectivity index (χ0) is 19.2. The Labute approximate surface area is 167 Å². The smallest absolute Gasteiger partial charge is 0.277 e. The summed E-state index contributed by atoms with van der Waals surface area (Å²) in [6.45, 7) is 4.60. The molecule has 0 aliphatic rings. The molecule has 0 unspecified atom stereocenters. The van der Waals surface area contributed by atoms with Gasteiger partial charge in [-0.05, 0) is 37.6 Å². The van der Waals surface area contributed by atoms with E-state index in [4.69, 9.17) is 16.0 Å². The number of carbonyl (C=O) groups is 1. The van der Waals surface area contributed by atoms with Crippen LogP contribution in [0, 0.1) is 0 Å². The van der Waals surface area contributed by atoms with Gasteiger partial charge in [0, 0.05) is 23.2 Å². The summed E-state index contributed by atoms with van der Waals surface area (Å²) in [4.78, 5) is 14.5. The number of halogens is 1. The van der Waals surface area contributed by atoms with Crippen molar-refractivity contribution >= 4 is 29.3 Å². The molecule has 1 aromatic heterocycles. The molecule has 1 heterocycles. The third-order valence-corrected chi connectivity index (χ3v) is 4.97. The summed E-state index contributed by atoms with van der Waals surface area (Å²) in [5.74, 6) is 0.654. The largest absolute Gasteiger partial charge is 0.411 e. The Balaban J connectivity index is 1.62. The van der Waals surface area contributed by atoms with Crippen molar-refractivity contribution in [3.05, 3.63) is 65.2 Å². The van der Waals surface area contributed by atoms with Crippen LogP contribution < -0.4 is 0 Å². The Kier molecular flexibility index (Phi) is 6.53. The molecule has 7 heteroatoms. The monoisotopic (exact) mass is 401 g/mol.